The van der Waals surface area contributed by atoms with Gasteiger partial charge in [0.2, 0.25) is 0 Å². The SMILES string of the molecule is COC(=O)c1cccc(-c2ccccc2)c1SC(C)C. The van der Waals surface area contributed by atoms with Crippen LogP contribution in [0.5, 0.6) is 0 Å². The zero-order valence-corrected chi connectivity index (χ0v) is 12.7. The van der Waals surface area contributed by atoms with Gasteiger partial charge in [-0.15, -0.1) is 11.8 Å². The molecule has 0 saturated heterocycles. The van der Waals surface area contributed by atoms with Crippen LogP contribution in [0, 0.1) is 0 Å². The third-order valence-electron chi connectivity index (χ3n) is 2.86. The topological polar surface area (TPSA) is 26.3 Å². The smallest absolute Gasteiger partial charge is 0.339 e. The largest absolute Gasteiger partial charge is 0.465 e. The van der Waals surface area contributed by atoms with E-state index in [1.807, 2.05) is 36.4 Å². The average molecular weight is 286 g/mol. The second-order valence-corrected chi connectivity index (χ2v) is 6.29. The van der Waals surface area contributed by atoms with E-state index in [4.69, 9.17) is 4.74 Å². The highest BCUT2D eigenvalue weighted by Gasteiger charge is 2.17. The summed E-state index contributed by atoms with van der Waals surface area (Å²) < 4.78 is 4.90. The number of benzene rings is 2. The molecular formula is C17H18O2S. The molecule has 0 atom stereocenters. The summed E-state index contributed by atoms with van der Waals surface area (Å²) in [5, 5.41) is 0.392. The van der Waals surface area contributed by atoms with Crippen molar-refractivity contribution < 1.29 is 9.53 Å². The lowest BCUT2D eigenvalue weighted by molar-refractivity contribution is 0.0597. The van der Waals surface area contributed by atoms with E-state index in [0.29, 0.717) is 10.8 Å². The number of carbonyl (C=O) groups is 1. The monoisotopic (exact) mass is 286 g/mol. The van der Waals surface area contributed by atoms with Gasteiger partial charge >= 0.3 is 5.97 Å². The van der Waals surface area contributed by atoms with E-state index < -0.39 is 0 Å². The number of methoxy groups -OCH3 is 1. The Labute approximate surface area is 124 Å². The summed E-state index contributed by atoms with van der Waals surface area (Å²) in [4.78, 5) is 13.0. The van der Waals surface area contributed by atoms with Crippen LogP contribution in [-0.2, 0) is 4.74 Å². The van der Waals surface area contributed by atoms with Crippen molar-refractivity contribution in [1.29, 1.82) is 0 Å². The Morgan fingerprint density at radius 1 is 1.05 bits per heavy atom. The Hall–Kier alpha value is -1.74. The Bertz CT molecular complexity index is 591. The highest BCUT2D eigenvalue weighted by Crippen LogP contribution is 2.36. The van der Waals surface area contributed by atoms with Crippen molar-refractivity contribution in [2.75, 3.05) is 7.11 Å². The molecule has 0 fully saturated rings. The van der Waals surface area contributed by atoms with E-state index in [0.717, 1.165) is 16.0 Å². The first-order chi connectivity index (χ1) is 9.63. The highest BCUT2D eigenvalue weighted by atomic mass is 32.2. The lowest BCUT2D eigenvalue weighted by Gasteiger charge is -2.15. The Morgan fingerprint density at radius 2 is 1.75 bits per heavy atom. The zero-order chi connectivity index (χ0) is 14.5. The van der Waals surface area contributed by atoms with Crippen molar-refractivity contribution >= 4 is 17.7 Å². The van der Waals surface area contributed by atoms with Gasteiger partial charge in [-0.1, -0.05) is 56.3 Å². The normalized spacial score (nSPS) is 10.6. The van der Waals surface area contributed by atoms with Gasteiger partial charge in [0.05, 0.1) is 12.7 Å². The lowest BCUT2D eigenvalue weighted by Crippen LogP contribution is -2.05. The van der Waals surface area contributed by atoms with Crippen LogP contribution >= 0.6 is 11.8 Å². The fraction of sp³-hybridized carbons (Fsp3) is 0.235. The van der Waals surface area contributed by atoms with Gasteiger partial charge in [-0.2, -0.15) is 0 Å². The fourth-order valence-electron chi connectivity index (χ4n) is 2.02. The molecule has 0 unspecified atom stereocenters. The van der Waals surface area contributed by atoms with E-state index >= 15 is 0 Å². The van der Waals surface area contributed by atoms with Gasteiger partial charge in [-0.25, -0.2) is 4.79 Å². The summed E-state index contributed by atoms with van der Waals surface area (Å²) in [5.41, 5.74) is 2.82. The summed E-state index contributed by atoms with van der Waals surface area (Å²) >= 11 is 1.69. The van der Waals surface area contributed by atoms with E-state index in [9.17, 15) is 4.79 Å². The number of carbonyl (C=O) groups excluding carboxylic acids is 1. The van der Waals surface area contributed by atoms with E-state index in [1.54, 1.807) is 11.8 Å². The summed E-state index contributed by atoms with van der Waals surface area (Å²) in [6, 6.07) is 15.9. The maximum absolute atomic E-state index is 12.0. The number of hydrogen-bond donors (Lipinski definition) is 0. The van der Waals surface area contributed by atoms with Crippen LogP contribution in [-0.4, -0.2) is 18.3 Å². The number of esters is 1. The van der Waals surface area contributed by atoms with Crippen LogP contribution in [0.2, 0.25) is 0 Å². The molecule has 0 bridgehead atoms. The minimum absolute atomic E-state index is 0.286. The number of rotatable bonds is 4. The first kappa shape index (κ1) is 14.7. The van der Waals surface area contributed by atoms with Gasteiger partial charge in [0, 0.05) is 10.1 Å². The molecule has 2 aromatic carbocycles. The second-order valence-electron chi connectivity index (χ2n) is 4.71. The van der Waals surface area contributed by atoms with Crippen molar-refractivity contribution in [2.24, 2.45) is 0 Å². The molecule has 0 N–H and O–H groups in total. The minimum atomic E-state index is -0.286. The zero-order valence-electron chi connectivity index (χ0n) is 11.9. The van der Waals surface area contributed by atoms with Crippen molar-refractivity contribution in [1.82, 2.24) is 0 Å². The molecule has 2 nitrogen and oxygen atoms in total. The van der Waals surface area contributed by atoms with Crippen LogP contribution in [0.4, 0.5) is 0 Å². The first-order valence-corrected chi connectivity index (χ1v) is 7.45. The maximum atomic E-state index is 12.0. The number of thioether (sulfide) groups is 1. The third kappa shape index (κ3) is 3.23. The molecule has 0 aliphatic rings. The first-order valence-electron chi connectivity index (χ1n) is 6.57. The number of hydrogen-bond acceptors (Lipinski definition) is 3. The van der Waals surface area contributed by atoms with Gasteiger partial charge in [0.25, 0.3) is 0 Å². The lowest BCUT2D eigenvalue weighted by atomic mass is 10.0. The quantitative estimate of drug-likeness (QED) is 0.605. The van der Waals surface area contributed by atoms with Gasteiger partial charge in [-0.3, -0.25) is 0 Å². The van der Waals surface area contributed by atoms with Gasteiger partial charge in [0.1, 0.15) is 0 Å². The van der Waals surface area contributed by atoms with Gasteiger partial charge in [0.15, 0.2) is 0 Å². The fourth-order valence-corrected chi connectivity index (χ4v) is 3.08. The molecule has 0 spiro atoms. The van der Waals surface area contributed by atoms with Gasteiger partial charge < -0.3 is 4.74 Å². The predicted molar refractivity (Wildman–Crippen MR) is 84.2 cm³/mol. The molecule has 0 heterocycles. The number of ether oxygens (including phenoxy) is 1. The van der Waals surface area contributed by atoms with Crippen LogP contribution in [0.15, 0.2) is 53.4 Å². The molecule has 2 aromatic rings. The molecule has 2 rings (SSSR count). The Morgan fingerprint density at radius 3 is 2.35 bits per heavy atom. The summed E-state index contributed by atoms with van der Waals surface area (Å²) in [7, 11) is 1.42. The predicted octanol–water partition coefficient (Wildman–Crippen LogP) is 4.64. The molecule has 0 radical (unpaired) electrons. The van der Waals surface area contributed by atoms with Gasteiger partial charge in [-0.05, 0) is 17.2 Å². The Kier molecular flexibility index (Phi) is 4.85. The summed E-state index contributed by atoms with van der Waals surface area (Å²) in [6.45, 7) is 4.24. The van der Waals surface area contributed by atoms with Crippen LogP contribution in [0.25, 0.3) is 11.1 Å². The second kappa shape index (κ2) is 6.62. The maximum Gasteiger partial charge on any atom is 0.339 e. The average Bonchev–Trinajstić information content (AvgIpc) is 2.47. The summed E-state index contributed by atoms with van der Waals surface area (Å²) in [5.74, 6) is -0.286. The van der Waals surface area contributed by atoms with Crippen LogP contribution < -0.4 is 0 Å². The minimum Gasteiger partial charge on any atom is -0.465 e. The molecular weight excluding hydrogens is 268 g/mol. The van der Waals surface area contributed by atoms with Crippen molar-refractivity contribution in [3.05, 3.63) is 54.1 Å². The highest BCUT2D eigenvalue weighted by molar-refractivity contribution is 8.00. The van der Waals surface area contributed by atoms with Crippen molar-refractivity contribution in [3.8, 4) is 11.1 Å². The van der Waals surface area contributed by atoms with Crippen LogP contribution in [0.3, 0.4) is 0 Å². The Balaban J connectivity index is 2.59. The molecule has 0 aromatic heterocycles. The molecule has 0 saturated carbocycles. The molecule has 3 heteroatoms. The van der Waals surface area contributed by atoms with E-state index in [-0.39, 0.29) is 5.97 Å². The van der Waals surface area contributed by atoms with Crippen LogP contribution in [0.1, 0.15) is 24.2 Å². The molecule has 0 aliphatic heterocycles. The molecule has 0 amide bonds. The van der Waals surface area contributed by atoms with E-state index in [2.05, 4.69) is 26.0 Å². The van der Waals surface area contributed by atoms with E-state index in [1.165, 1.54) is 7.11 Å². The molecule has 0 aliphatic carbocycles. The standard InChI is InChI=1S/C17H18O2S/c1-12(2)20-16-14(13-8-5-4-6-9-13)10-7-11-15(16)17(18)19-3/h4-12H,1-3H3. The molecule has 104 valence electrons. The van der Waals surface area contributed by atoms with Crippen molar-refractivity contribution in [3.63, 3.8) is 0 Å². The third-order valence-corrected chi connectivity index (χ3v) is 4.01. The summed E-state index contributed by atoms with van der Waals surface area (Å²) in [6.07, 6.45) is 0. The molecule has 20 heavy (non-hydrogen) atoms. The van der Waals surface area contributed by atoms with Crippen molar-refractivity contribution in [2.45, 2.75) is 24.0 Å².